The van der Waals surface area contributed by atoms with Crippen LogP contribution in [0.5, 0.6) is 0 Å². The number of aromatic nitrogens is 1. The highest BCUT2D eigenvalue weighted by atomic mass is 19.1. The van der Waals surface area contributed by atoms with Gasteiger partial charge in [0.25, 0.3) is 0 Å². The third-order valence-electron chi connectivity index (χ3n) is 5.44. The number of amides is 2. The monoisotopic (exact) mass is 423 g/mol. The minimum atomic E-state index is -0.303. The lowest BCUT2D eigenvalue weighted by Gasteiger charge is -2.27. The number of halogens is 1. The van der Waals surface area contributed by atoms with E-state index >= 15 is 0 Å². The van der Waals surface area contributed by atoms with Gasteiger partial charge in [-0.15, -0.1) is 0 Å². The minimum absolute atomic E-state index is 0.0199. The van der Waals surface area contributed by atoms with Crippen LogP contribution in [0.1, 0.15) is 37.8 Å². The summed E-state index contributed by atoms with van der Waals surface area (Å²) in [5.41, 5.74) is 3.07. The Balaban J connectivity index is 1.76. The lowest BCUT2D eigenvalue weighted by molar-refractivity contribution is -0.140. The highest BCUT2D eigenvalue weighted by molar-refractivity contribution is 5.85. The molecule has 1 aromatic heterocycles. The van der Waals surface area contributed by atoms with Crippen molar-refractivity contribution in [1.82, 2.24) is 14.8 Å². The zero-order valence-electron chi connectivity index (χ0n) is 18.2. The second-order valence-electron chi connectivity index (χ2n) is 7.72. The molecule has 0 unspecified atom stereocenters. The lowest BCUT2D eigenvalue weighted by atomic mass is 10.1. The molecule has 6 heteroatoms. The number of nitrogens with zero attached hydrogens (tertiary/aromatic N) is 2. The number of carbonyl (C=O) groups is 2. The topological polar surface area (TPSA) is 56.4 Å². The molecule has 0 radical (unpaired) electrons. The molecule has 0 aliphatic heterocycles. The molecule has 2 amide bonds. The average Bonchev–Trinajstić information content (AvgIpc) is 3.20. The first kappa shape index (κ1) is 22.5. The van der Waals surface area contributed by atoms with E-state index < -0.39 is 0 Å². The van der Waals surface area contributed by atoms with Crippen LogP contribution in [-0.2, 0) is 22.6 Å². The molecule has 0 aliphatic rings. The molecule has 3 rings (SSSR count). The number of aromatic amines is 1. The Kier molecular flexibility index (Phi) is 7.82. The molecule has 0 atom stereocenters. The van der Waals surface area contributed by atoms with Gasteiger partial charge in [0.05, 0.1) is 6.54 Å². The normalized spacial score (nSPS) is 10.9. The van der Waals surface area contributed by atoms with Crippen molar-refractivity contribution in [1.29, 1.82) is 0 Å². The Morgan fingerprint density at radius 1 is 0.935 bits per heavy atom. The average molecular weight is 424 g/mol. The van der Waals surface area contributed by atoms with Crippen LogP contribution in [0.2, 0.25) is 0 Å². The van der Waals surface area contributed by atoms with Crippen LogP contribution in [0, 0.1) is 5.82 Å². The minimum Gasteiger partial charge on any atom is -0.361 e. The van der Waals surface area contributed by atoms with Crippen LogP contribution >= 0.6 is 0 Å². The Morgan fingerprint density at radius 3 is 2.39 bits per heavy atom. The molecule has 0 bridgehead atoms. The highest BCUT2D eigenvalue weighted by Gasteiger charge is 2.20. The number of hydrogen-bond acceptors (Lipinski definition) is 2. The number of carbonyl (C=O) groups excluding carboxylic acids is 2. The third-order valence-corrected chi connectivity index (χ3v) is 5.44. The van der Waals surface area contributed by atoms with Gasteiger partial charge in [0.2, 0.25) is 11.8 Å². The molecule has 5 nitrogen and oxygen atoms in total. The molecule has 0 saturated carbocycles. The SMILES string of the molecule is CCCN(CC(=O)N(CCc1c[nH]c2ccccc12)Cc1ccc(F)cc1)C(=O)CC. The summed E-state index contributed by atoms with van der Waals surface area (Å²) in [7, 11) is 0. The maximum Gasteiger partial charge on any atom is 0.242 e. The van der Waals surface area contributed by atoms with E-state index in [4.69, 9.17) is 0 Å². The third kappa shape index (κ3) is 5.94. The van der Waals surface area contributed by atoms with E-state index in [1.165, 1.54) is 12.1 Å². The summed E-state index contributed by atoms with van der Waals surface area (Å²) in [5, 5.41) is 1.14. The van der Waals surface area contributed by atoms with Crippen molar-refractivity contribution in [3.63, 3.8) is 0 Å². The van der Waals surface area contributed by atoms with Crippen LogP contribution < -0.4 is 0 Å². The number of rotatable bonds is 10. The number of nitrogens with one attached hydrogen (secondary N) is 1. The predicted molar refractivity (Wildman–Crippen MR) is 121 cm³/mol. The van der Waals surface area contributed by atoms with Gasteiger partial charge in [0, 0.05) is 43.2 Å². The molecule has 2 aromatic carbocycles. The van der Waals surface area contributed by atoms with E-state index in [2.05, 4.69) is 11.1 Å². The van der Waals surface area contributed by atoms with Crippen molar-refractivity contribution in [2.75, 3.05) is 19.6 Å². The Labute approximate surface area is 182 Å². The van der Waals surface area contributed by atoms with Crippen molar-refractivity contribution in [2.45, 2.75) is 39.7 Å². The van der Waals surface area contributed by atoms with E-state index in [0.29, 0.717) is 32.5 Å². The summed E-state index contributed by atoms with van der Waals surface area (Å²) < 4.78 is 13.3. The number of para-hydroxylation sites is 1. The molecule has 0 fully saturated rings. The van der Waals surface area contributed by atoms with E-state index in [0.717, 1.165) is 28.5 Å². The van der Waals surface area contributed by atoms with Gasteiger partial charge in [-0.1, -0.05) is 44.2 Å². The highest BCUT2D eigenvalue weighted by Crippen LogP contribution is 2.19. The Bertz CT molecular complexity index is 1010. The van der Waals surface area contributed by atoms with Gasteiger partial charge in [-0.05, 0) is 42.2 Å². The molecule has 164 valence electrons. The number of H-pyrrole nitrogens is 1. The van der Waals surface area contributed by atoms with Crippen molar-refractivity contribution in [3.05, 3.63) is 71.7 Å². The summed E-state index contributed by atoms with van der Waals surface area (Å²) >= 11 is 0. The summed E-state index contributed by atoms with van der Waals surface area (Å²) in [6.07, 6.45) is 3.84. The Morgan fingerprint density at radius 2 is 1.68 bits per heavy atom. The molecule has 31 heavy (non-hydrogen) atoms. The Hall–Kier alpha value is -3.15. The zero-order chi connectivity index (χ0) is 22.2. The second-order valence-corrected chi connectivity index (χ2v) is 7.72. The van der Waals surface area contributed by atoms with Gasteiger partial charge < -0.3 is 14.8 Å². The predicted octanol–water partition coefficient (Wildman–Crippen LogP) is 4.53. The van der Waals surface area contributed by atoms with Crippen molar-refractivity contribution in [3.8, 4) is 0 Å². The fourth-order valence-corrected chi connectivity index (χ4v) is 3.74. The van der Waals surface area contributed by atoms with Gasteiger partial charge in [0.1, 0.15) is 5.82 Å². The number of fused-ring (bicyclic) bond motifs is 1. The molecule has 3 aromatic rings. The van der Waals surface area contributed by atoms with Crippen LogP contribution in [-0.4, -0.2) is 46.2 Å². The van der Waals surface area contributed by atoms with Crippen LogP contribution in [0.25, 0.3) is 10.9 Å². The van der Waals surface area contributed by atoms with Gasteiger partial charge in [0.15, 0.2) is 0 Å². The van der Waals surface area contributed by atoms with Crippen LogP contribution in [0.15, 0.2) is 54.7 Å². The maximum absolute atomic E-state index is 13.3. The molecule has 1 N–H and O–H groups in total. The van der Waals surface area contributed by atoms with Crippen molar-refractivity contribution in [2.24, 2.45) is 0 Å². The summed E-state index contributed by atoms with van der Waals surface area (Å²) in [6, 6.07) is 14.3. The molecule has 1 heterocycles. The van der Waals surface area contributed by atoms with Crippen molar-refractivity contribution < 1.29 is 14.0 Å². The fourth-order valence-electron chi connectivity index (χ4n) is 3.74. The summed E-state index contributed by atoms with van der Waals surface area (Å²) in [4.78, 5) is 32.1. The quantitative estimate of drug-likeness (QED) is 0.521. The van der Waals surface area contributed by atoms with Gasteiger partial charge in [-0.3, -0.25) is 9.59 Å². The second kappa shape index (κ2) is 10.8. The number of benzene rings is 2. The van der Waals surface area contributed by atoms with E-state index in [-0.39, 0.29) is 24.2 Å². The maximum atomic E-state index is 13.3. The van der Waals surface area contributed by atoms with Crippen LogP contribution in [0.3, 0.4) is 0 Å². The zero-order valence-corrected chi connectivity index (χ0v) is 18.2. The lowest BCUT2D eigenvalue weighted by Crippen LogP contribution is -2.43. The molecular weight excluding hydrogens is 393 g/mol. The van der Waals surface area contributed by atoms with Crippen LogP contribution in [0.4, 0.5) is 4.39 Å². The first-order chi connectivity index (χ1) is 15.0. The van der Waals surface area contributed by atoms with Gasteiger partial charge >= 0.3 is 0 Å². The van der Waals surface area contributed by atoms with E-state index in [9.17, 15) is 14.0 Å². The van der Waals surface area contributed by atoms with Gasteiger partial charge in [-0.2, -0.15) is 0 Å². The smallest absolute Gasteiger partial charge is 0.242 e. The van der Waals surface area contributed by atoms with E-state index in [1.807, 2.05) is 38.2 Å². The van der Waals surface area contributed by atoms with Crippen molar-refractivity contribution >= 4 is 22.7 Å². The molecule has 0 saturated heterocycles. The standard InChI is InChI=1S/C25H30FN3O2/c1-3-14-28(24(30)4-2)18-25(31)29(17-19-9-11-21(26)12-10-19)15-13-20-16-27-23-8-6-5-7-22(20)23/h5-12,16,27H,3-4,13-15,17-18H2,1-2H3. The number of hydrogen-bond donors (Lipinski definition) is 1. The van der Waals surface area contributed by atoms with Gasteiger partial charge in [-0.25, -0.2) is 4.39 Å². The first-order valence-electron chi connectivity index (χ1n) is 10.9. The fraction of sp³-hybridized carbons (Fsp3) is 0.360. The molecular formula is C25H30FN3O2. The summed E-state index contributed by atoms with van der Waals surface area (Å²) in [6.45, 7) is 5.32. The first-order valence-corrected chi connectivity index (χ1v) is 10.9. The molecule has 0 spiro atoms. The largest absolute Gasteiger partial charge is 0.361 e. The van der Waals surface area contributed by atoms with E-state index in [1.54, 1.807) is 21.9 Å². The summed E-state index contributed by atoms with van der Waals surface area (Å²) in [5.74, 6) is -0.420. The molecule has 0 aliphatic carbocycles.